The second-order valence-corrected chi connectivity index (χ2v) is 10.6. The number of aromatic nitrogens is 2. The third-order valence-electron chi connectivity index (χ3n) is 3.93. The summed E-state index contributed by atoms with van der Waals surface area (Å²) in [5, 5.41) is 0. The van der Waals surface area contributed by atoms with E-state index in [0.29, 0.717) is 8.04 Å². The van der Waals surface area contributed by atoms with Gasteiger partial charge in [-0.1, -0.05) is 108 Å². The molecule has 0 atom stereocenters. The van der Waals surface area contributed by atoms with E-state index in [1.165, 1.54) is 46.8 Å². The van der Waals surface area contributed by atoms with Crippen molar-refractivity contribution in [2.75, 3.05) is 0 Å². The van der Waals surface area contributed by atoms with Crippen LogP contribution in [0.5, 0.6) is 5.75 Å². The van der Waals surface area contributed by atoms with E-state index in [-0.39, 0.29) is 5.43 Å². The zero-order valence-corrected chi connectivity index (χ0v) is 22.6. The Hall–Kier alpha value is -2.49. The van der Waals surface area contributed by atoms with Gasteiger partial charge in [0.15, 0.2) is 5.43 Å². The van der Waals surface area contributed by atoms with Crippen LogP contribution in [-0.4, -0.2) is 18.0 Å². The van der Waals surface area contributed by atoms with Crippen LogP contribution in [-0.2, 0) is 11.5 Å². The fourth-order valence-electron chi connectivity index (χ4n) is 2.33. The van der Waals surface area contributed by atoms with Gasteiger partial charge in [-0.2, -0.15) is 0 Å². The van der Waals surface area contributed by atoms with Crippen LogP contribution in [0.3, 0.4) is 0 Å². The number of rotatable bonds is 5. The zero-order valence-electron chi connectivity index (χ0n) is 18.6. The van der Waals surface area contributed by atoms with Gasteiger partial charge in [0.2, 0.25) is 4.38 Å². The first-order chi connectivity index (χ1) is 17.0. The smallest absolute Gasteiger partial charge is 0.226 e. The Bertz CT molecular complexity index is 1180. The molecule has 0 amide bonds. The molecular weight excluding hydrogens is 536 g/mol. The highest BCUT2D eigenvalue weighted by atomic mass is 35.5. The number of thioether (sulfide) groups is 2. The van der Waals surface area contributed by atoms with Crippen molar-refractivity contribution in [1.82, 2.24) is 9.97 Å². The molecule has 0 saturated carbocycles. The summed E-state index contributed by atoms with van der Waals surface area (Å²) in [6, 6.07) is 26.8. The highest BCUT2D eigenvalue weighted by Crippen LogP contribution is 2.18. The van der Waals surface area contributed by atoms with Gasteiger partial charge in [0.1, 0.15) is 9.41 Å². The van der Waals surface area contributed by atoms with Crippen molar-refractivity contribution < 1.29 is 4.74 Å². The molecule has 35 heavy (non-hydrogen) atoms. The Morgan fingerprint density at radius 3 is 1.77 bits per heavy atom. The lowest BCUT2D eigenvalue weighted by molar-refractivity contribution is 0.578. The van der Waals surface area contributed by atoms with Crippen molar-refractivity contribution in [2.45, 2.75) is 11.5 Å². The molecule has 0 saturated heterocycles. The summed E-state index contributed by atoms with van der Waals surface area (Å²) in [7, 11) is 0. The van der Waals surface area contributed by atoms with Crippen LogP contribution in [0, 0.1) is 0 Å². The maximum Gasteiger partial charge on any atom is 0.226 e. The summed E-state index contributed by atoms with van der Waals surface area (Å²) in [5.74, 6) is 2.42. The third-order valence-corrected chi connectivity index (χ3v) is 6.55. The van der Waals surface area contributed by atoms with Crippen molar-refractivity contribution in [1.29, 1.82) is 0 Å². The third kappa shape index (κ3) is 14.5. The van der Waals surface area contributed by atoms with Crippen LogP contribution >= 0.6 is 59.6 Å². The van der Waals surface area contributed by atoms with Crippen LogP contribution in [0.4, 0.5) is 0 Å². The maximum atomic E-state index is 10.2. The van der Waals surface area contributed by atoms with E-state index in [1.807, 2.05) is 36.4 Å². The Morgan fingerprint density at radius 1 is 0.800 bits per heavy atom. The van der Waals surface area contributed by atoms with E-state index in [2.05, 4.69) is 34.2 Å². The Balaban J connectivity index is 0.000000205. The Labute approximate surface area is 229 Å². The van der Waals surface area contributed by atoms with E-state index in [0.717, 1.165) is 17.3 Å². The molecule has 180 valence electrons. The minimum atomic E-state index is 0.0405. The quantitative estimate of drug-likeness (QED) is 0.201. The van der Waals surface area contributed by atoms with Crippen molar-refractivity contribution in [3.8, 4) is 5.75 Å². The number of ether oxygens (including phenoxy) is 1. The van der Waals surface area contributed by atoms with Crippen molar-refractivity contribution in [3.63, 3.8) is 0 Å². The average Bonchev–Trinajstić information content (AvgIpc) is 2.89. The van der Waals surface area contributed by atoms with Gasteiger partial charge in [-0.3, -0.25) is 9.78 Å². The van der Waals surface area contributed by atoms with Gasteiger partial charge in [-0.05, 0) is 35.5 Å². The highest BCUT2D eigenvalue weighted by Gasteiger charge is 2.01. The number of nitrogens with one attached hydrogen (secondary N) is 1. The number of pyridine rings is 2. The molecule has 1 N–H and O–H groups in total. The molecule has 0 aliphatic carbocycles. The van der Waals surface area contributed by atoms with E-state index < -0.39 is 0 Å². The largest absolute Gasteiger partial charge is 0.440 e. The molecular formula is C26H23ClN2O2S4. The van der Waals surface area contributed by atoms with Crippen LogP contribution < -0.4 is 10.2 Å². The second-order valence-electron chi connectivity index (χ2n) is 6.56. The standard InChI is InChI=1S/C13H11NOS2.C8H7ClS2.C5H5NO/c16-13(15-12-6-8-14-9-7-12)17-10-11-4-2-1-3-5-11;9-8(10)11-6-7-4-2-1-3-5-7;7-5-1-3-6-4-2-5/h1-9H,10H2;1-5H,6H2;1-4H,(H,6,7). The number of hydrogen-bond donors (Lipinski definition) is 1. The van der Waals surface area contributed by atoms with Crippen molar-refractivity contribution in [2.24, 2.45) is 0 Å². The molecule has 9 heteroatoms. The van der Waals surface area contributed by atoms with Crippen LogP contribution in [0.15, 0.2) is 115 Å². The molecule has 0 aliphatic rings. The summed E-state index contributed by atoms with van der Waals surface area (Å²) >= 11 is 18.4. The zero-order chi connectivity index (χ0) is 25.1. The van der Waals surface area contributed by atoms with Gasteiger partial charge in [-0.15, -0.1) is 0 Å². The topological polar surface area (TPSA) is 55.0 Å². The van der Waals surface area contributed by atoms with Gasteiger partial charge >= 0.3 is 0 Å². The first kappa shape index (κ1) is 28.7. The molecule has 4 rings (SSSR count). The lowest BCUT2D eigenvalue weighted by Crippen LogP contribution is -2.00. The molecule has 2 heterocycles. The molecule has 0 spiro atoms. The minimum Gasteiger partial charge on any atom is -0.440 e. The van der Waals surface area contributed by atoms with Gasteiger partial charge < -0.3 is 9.72 Å². The predicted molar refractivity (Wildman–Crippen MR) is 158 cm³/mol. The fraction of sp³-hybridized carbons (Fsp3) is 0.0769. The molecule has 0 aliphatic heterocycles. The molecule has 2 aromatic heterocycles. The van der Waals surface area contributed by atoms with Gasteiger partial charge in [0.25, 0.3) is 0 Å². The van der Waals surface area contributed by atoms with Crippen LogP contribution in [0.1, 0.15) is 11.1 Å². The normalized spacial score (nSPS) is 9.51. The minimum absolute atomic E-state index is 0.0405. The summed E-state index contributed by atoms with van der Waals surface area (Å²) < 4.78 is 6.50. The predicted octanol–water partition coefficient (Wildman–Crippen LogP) is 7.50. The number of nitrogens with zero attached hydrogens (tertiary/aromatic N) is 1. The summed E-state index contributed by atoms with van der Waals surface area (Å²) in [5.41, 5.74) is 2.53. The average molecular weight is 559 g/mol. The Morgan fingerprint density at radius 2 is 1.31 bits per heavy atom. The fourth-order valence-corrected chi connectivity index (χ4v) is 4.05. The molecule has 0 bridgehead atoms. The number of thiocarbonyl (C=S) groups is 2. The van der Waals surface area contributed by atoms with E-state index in [9.17, 15) is 4.79 Å². The first-order valence-corrected chi connectivity index (χ1v) is 13.5. The summed E-state index contributed by atoms with van der Waals surface area (Å²) in [4.78, 5) is 16.9. The van der Waals surface area contributed by atoms with E-state index in [4.69, 9.17) is 40.8 Å². The molecule has 4 aromatic rings. The van der Waals surface area contributed by atoms with Crippen LogP contribution in [0.25, 0.3) is 0 Å². The maximum absolute atomic E-state index is 10.2. The van der Waals surface area contributed by atoms with Gasteiger partial charge in [0.05, 0.1) is 0 Å². The Kier molecular flexibility index (Phi) is 14.7. The lowest BCUT2D eigenvalue weighted by Gasteiger charge is -2.05. The lowest BCUT2D eigenvalue weighted by atomic mass is 10.2. The molecule has 0 unspecified atom stereocenters. The number of aromatic amines is 1. The molecule has 0 fully saturated rings. The monoisotopic (exact) mass is 558 g/mol. The van der Waals surface area contributed by atoms with E-state index in [1.54, 1.807) is 36.9 Å². The number of hydrogen-bond acceptors (Lipinski definition) is 7. The molecule has 0 radical (unpaired) electrons. The van der Waals surface area contributed by atoms with Gasteiger partial charge in [-0.25, -0.2) is 0 Å². The molecule has 4 nitrogen and oxygen atoms in total. The van der Waals surface area contributed by atoms with Crippen molar-refractivity contribution in [3.05, 3.63) is 131 Å². The number of H-pyrrole nitrogens is 1. The molecule has 2 aromatic carbocycles. The van der Waals surface area contributed by atoms with Gasteiger partial charge in [0, 0.05) is 48.4 Å². The van der Waals surface area contributed by atoms with Crippen molar-refractivity contribution >= 4 is 67.6 Å². The van der Waals surface area contributed by atoms with Crippen LogP contribution in [0.2, 0.25) is 0 Å². The van der Waals surface area contributed by atoms with E-state index >= 15 is 0 Å². The SMILES string of the molecule is O=c1cc[nH]cc1.S=C(Cl)SCc1ccccc1.S=C(Oc1ccncc1)SCc1ccccc1. The number of benzene rings is 2. The summed E-state index contributed by atoms with van der Waals surface area (Å²) in [6.07, 6.45) is 6.56. The highest BCUT2D eigenvalue weighted by molar-refractivity contribution is 8.26. The summed E-state index contributed by atoms with van der Waals surface area (Å²) in [6.45, 7) is 0. The first-order valence-electron chi connectivity index (χ1n) is 10.3. The second kappa shape index (κ2) is 17.9. The number of halogens is 1.